The highest BCUT2D eigenvalue weighted by molar-refractivity contribution is 7.99. The summed E-state index contributed by atoms with van der Waals surface area (Å²) in [5.74, 6) is 1.41. The Morgan fingerprint density at radius 2 is 2.04 bits per heavy atom. The van der Waals surface area contributed by atoms with Gasteiger partial charge in [0, 0.05) is 30.5 Å². The number of carbonyl (C=O) groups excluding carboxylic acids is 1. The molecule has 2 aromatic rings. The van der Waals surface area contributed by atoms with Gasteiger partial charge in [-0.2, -0.15) is 0 Å². The normalized spacial score (nSPS) is 14.5. The Balaban J connectivity index is 1.65. The van der Waals surface area contributed by atoms with Crippen molar-refractivity contribution < 1.29 is 4.79 Å². The van der Waals surface area contributed by atoms with Crippen molar-refractivity contribution in [2.45, 2.75) is 64.6 Å². The van der Waals surface area contributed by atoms with Crippen molar-refractivity contribution in [2.24, 2.45) is 7.05 Å². The van der Waals surface area contributed by atoms with Crippen LogP contribution in [0.3, 0.4) is 0 Å². The van der Waals surface area contributed by atoms with E-state index in [1.807, 2.05) is 24.6 Å². The lowest BCUT2D eigenvalue weighted by Gasteiger charge is -2.15. The standard InChI is InChI=1S/C20H28N4OS/c1-14-12-18(19(25)13-26-20-22-21-16(3)23(20)4)15(2)24(14)11-10-17-8-6-5-7-9-17/h8,12H,5-7,9-11,13H2,1-4H3. The number of carbonyl (C=O) groups is 1. The monoisotopic (exact) mass is 372 g/mol. The summed E-state index contributed by atoms with van der Waals surface area (Å²) in [7, 11) is 1.92. The van der Waals surface area contributed by atoms with Gasteiger partial charge in [-0.15, -0.1) is 10.2 Å². The van der Waals surface area contributed by atoms with Crippen LogP contribution < -0.4 is 0 Å². The molecule has 1 aliphatic carbocycles. The fourth-order valence-corrected chi connectivity index (χ4v) is 4.38. The molecule has 0 fully saturated rings. The number of thioether (sulfide) groups is 1. The van der Waals surface area contributed by atoms with E-state index in [2.05, 4.69) is 34.7 Å². The first-order valence-electron chi connectivity index (χ1n) is 9.34. The molecule has 0 radical (unpaired) electrons. The van der Waals surface area contributed by atoms with Gasteiger partial charge in [-0.05, 0) is 58.9 Å². The Kier molecular flexibility index (Phi) is 6.01. The molecule has 0 saturated heterocycles. The maximum absolute atomic E-state index is 12.7. The fourth-order valence-electron chi connectivity index (χ4n) is 3.54. The summed E-state index contributed by atoms with van der Waals surface area (Å²) in [5, 5.41) is 8.95. The maximum atomic E-state index is 12.7. The number of rotatable bonds is 7. The smallest absolute Gasteiger partial charge is 0.191 e. The first-order chi connectivity index (χ1) is 12.5. The second-order valence-corrected chi connectivity index (χ2v) is 8.04. The summed E-state index contributed by atoms with van der Waals surface area (Å²) < 4.78 is 4.21. The molecule has 140 valence electrons. The van der Waals surface area contributed by atoms with Crippen molar-refractivity contribution in [2.75, 3.05) is 5.75 Å². The lowest BCUT2D eigenvalue weighted by Crippen LogP contribution is -2.08. The van der Waals surface area contributed by atoms with Crippen molar-refractivity contribution in [1.29, 1.82) is 0 Å². The average Bonchev–Trinajstić information content (AvgIpc) is 3.11. The molecule has 3 rings (SSSR count). The zero-order valence-electron chi connectivity index (χ0n) is 16.2. The van der Waals surface area contributed by atoms with Crippen LogP contribution in [0, 0.1) is 20.8 Å². The van der Waals surface area contributed by atoms with Gasteiger partial charge >= 0.3 is 0 Å². The van der Waals surface area contributed by atoms with Crippen LogP contribution in [0.15, 0.2) is 22.9 Å². The highest BCUT2D eigenvalue weighted by Crippen LogP contribution is 2.24. The lowest BCUT2D eigenvalue weighted by atomic mass is 9.97. The minimum atomic E-state index is 0.159. The minimum absolute atomic E-state index is 0.159. The first kappa shape index (κ1) is 19.0. The molecule has 0 bridgehead atoms. The molecular weight excluding hydrogens is 344 g/mol. The number of aromatic nitrogens is 4. The van der Waals surface area contributed by atoms with Crippen molar-refractivity contribution in [3.05, 3.63) is 40.5 Å². The summed E-state index contributed by atoms with van der Waals surface area (Å²) in [6, 6.07) is 2.04. The van der Waals surface area contributed by atoms with Crippen LogP contribution in [0.2, 0.25) is 0 Å². The number of Topliss-reactive ketones (excluding diaryl/α,β-unsaturated/α-hetero) is 1. The van der Waals surface area contributed by atoms with Gasteiger partial charge < -0.3 is 9.13 Å². The van der Waals surface area contributed by atoms with Crippen LogP contribution in [0.5, 0.6) is 0 Å². The molecule has 0 unspecified atom stereocenters. The predicted molar refractivity (Wildman–Crippen MR) is 106 cm³/mol. The molecule has 0 N–H and O–H groups in total. The largest absolute Gasteiger partial charge is 0.348 e. The molecule has 2 heterocycles. The molecule has 0 aromatic carbocycles. The van der Waals surface area contributed by atoms with E-state index in [4.69, 9.17) is 0 Å². The third-order valence-electron chi connectivity index (χ3n) is 5.30. The summed E-state index contributed by atoms with van der Waals surface area (Å²) in [6.45, 7) is 7.03. The van der Waals surface area contributed by atoms with Crippen LogP contribution in [-0.4, -0.2) is 30.9 Å². The molecule has 0 aliphatic heterocycles. The Labute approximate surface area is 159 Å². The first-order valence-corrected chi connectivity index (χ1v) is 10.3. The third kappa shape index (κ3) is 4.11. The number of allylic oxidation sites excluding steroid dienone is 2. The summed E-state index contributed by atoms with van der Waals surface area (Å²) in [5.41, 5.74) is 4.66. The van der Waals surface area contributed by atoms with E-state index in [9.17, 15) is 4.79 Å². The molecular formula is C20H28N4OS. The zero-order chi connectivity index (χ0) is 18.7. The van der Waals surface area contributed by atoms with Crippen molar-refractivity contribution in [3.63, 3.8) is 0 Å². The Morgan fingerprint density at radius 1 is 1.23 bits per heavy atom. The molecule has 0 saturated carbocycles. The van der Waals surface area contributed by atoms with Crippen molar-refractivity contribution in [1.82, 2.24) is 19.3 Å². The maximum Gasteiger partial charge on any atom is 0.191 e. The molecule has 0 amide bonds. The van der Waals surface area contributed by atoms with Gasteiger partial charge in [0.05, 0.1) is 5.75 Å². The number of nitrogens with zero attached hydrogens (tertiary/aromatic N) is 4. The average molecular weight is 373 g/mol. The lowest BCUT2D eigenvalue weighted by molar-refractivity contribution is 0.102. The van der Waals surface area contributed by atoms with Crippen LogP contribution >= 0.6 is 11.8 Å². The van der Waals surface area contributed by atoms with Gasteiger partial charge in [0.2, 0.25) is 0 Å². The number of ketones is 1. The zero-order valence-corrected chi connectivity index (χ0v) is 17.0. The predicted octanol–water partition coefficient (Wildman–Crippen LogP) is 4.41. The Bertz CT molecular complexity index is 831. The van der Waals surface area contributed by atoms with E-state index in [0.29, 0.717) is 5.75 Å². The number of hydrogen-bond acceptors (Lipinski definition) is 4. The van der Waals surface area contributed by atoms with Crippen LogP contribution in [0.4, 0.5) is 0 Å². The van der Waals surface area contributed by atoms with Crippen LogP contribution in [0.25, 0.3) is 0 Å². The van der Waals surface area contributed by atoms with Gasteiger partial charge in [0.15, 0.2) is 10.9 Å². The van der Waals surface area contributed by atoms with E-state index in [-0.39, 0.29) is 5.78 Å². The Hall–Kier alpha value is -1.82. The SMILES string of the molecule is Cc1nnc(SCC(=O)c2cc(C)n(CCC3=CCCCC3)c2C)n1C. The summed E-state index contributed by atoms with van der Waals surface area (Å²) in [6.07, 6.45) is 8.60. The minimum Gasteiger partial charge on any atom is -0.348 e. The van der Waals surface area contributed by atoms with Gasteiger partial charge in [0.25, 0.3) is 0 Å². The van der Waals surface area contributed by atoms with Crippen LogP contribution in [-0.2, 0) is 13.6 Å². The molecule has 0 atom stereocenters. The molecule has 6 heteroatoms. The molecule has 2 aromatic heterocycles. The van der Waals surface area contributed by atoms with Gasteiger partial charge in [-0.3, -0.25) is 4.79 Å². The van der Waals surface area contributed by atoms with E-state index in [0.717, 1.165) is 35.2 Å². The number of aryl methyl sites for hydroxylation is 2. The molecule has 5 nitrogen and oxygen atoms in total. The fraction of sp³-hybridized carbons (Fsp3) is 0.550. The Morgan fingerprint density at radius 3 is 2.69 bits per heavy atom. The van der Waals surface area contributed by atoms with Crippen LogP contribution in [0.1, 0.15) is 59.7 Å². The van der Waals surface area contributed by atoms with Gasteiger partial charge in [-0.25, -0.2) is 0 Å². The number of hydrogen-bond donors (Lipinski definition) is 0. The second kappa shape index (κ2) is 8.25. The van der Waals surface area contributed by atoms with E-state index in [1.54, 1.807) is 5.57 Å². The third-order valence-corrected chi connectivity index (χ3v) is 6.32. The van der Waals surface area contributed by atoms with E-state index in [1.165, 1.54) is 43.1 Å². The molecule has 0 spiro atoms. The molecule has 26 heavy (non-hydrogen) atoms. The highest BCUT2D eigenvalue weighted by Gasteiger charge is 2.17. The van der Waals surface area contributed by atoms with E-state index < -0.39 is 0 Å². The second-order valence-electron chi connectivity index (χ2n) is 7.10. The summed E-state index contributed by atoms with van der Waals surface area (Å²) in [4.78, 5) is 12.7. The van der Waals surface area contributed by atoms with Crippen molar-refractivity contribution in [3.8, 4) is 0 Å². The summed E-state index contributed by atoms with van der Waals surface area (Å²) >= 11 is 1.45. The van der Waals surface area contributed by atoms with Gasteiger partial charge in [0.1, 0.15) is 5.82 Å². The quantitative estimate of drug-likeness (QED) is 0.410. The topological polar surface area (TPSA) is 52.7 Å². The van der Waals surface area contributed by atoms with Gasteiger partial charge in [-0.1, -0.05) is 23.4 Å². The highest BCUT2D eigenvalue weighted by atomic mass is 32.2. The van der Waals surface area contributed by atoms with Crippen molar-refractivity contribution >= 4 is 17.5 Å². The molecule has 1 aliphatic rings. The van der Waals surface area contributed by atoms with E-state index >= 15 is 0 Å².